The molecule has 102 valence electrons. The highest BCUT2D eigenvalue weighted by molar-refractivity contribution is 7.13. The molecule has 1 aromatic carbocycles. The molecule has 0 aliphatic rings. The third-order valence-electron chi connectivity index (χ3n) is 2.85. The number of rotatable bonds is 3. The summed E-state index contributed by atoms with van der Waals surface area (Å²) in [7, 11) is 3.06. The van der Waals surface area contributed by atoms with Gasteiger partial charge < -0.3 is 14.5 Å². The Morgan fingerprint density at radius 3 is 2.60 bits per heavy atom. The zero-order valence-corrected chi connectivity index (χ0v) is 11.7. The second kappa shape index (κ2) is 4.93. The van der Waals surface area contributed by atoms with Crippen LogP contribution in [0.4, 0.5) is 0 Å². The van der Waals surface area contributed by atoms with Gasteiger partial charge in [-0.3, -0.25) is 4.79 Å². The highest BCUT2D eigenvalue weighted by Crippen LogP contribution is 2.30. The molecule has 20 heavy (non-hydrogen) atoms. The Morgan fingerprint density at radius 1 is 1.20 bits per heavy atom. The third-order valence-corrected chi connectivity index (χ3v) is 3.63. The van der Waals surface area contributed by atoms with Crippen LogP contribution in [0, 0.1) is 0 Å². The number of nitrogens with one attached hydrogen (secondary N) is 1. The van der Waals surface area contributed by atoms with Crippen molar-refractivity contribution in [1.29, 1.82) is 0 Å². The van der Waals surface area contributed by atoms with Crippen molar-refractivity contribution < 1.29 is 9.47 Å². The Morgan fingerprint density at radius 2 is 1.95 bits per heavy atom. The molecule has 0 radical (unpaired) electrons. The molecule has 0 saturated heterocycles. The molecule has 2 aromatic heterocycles. The van der Waals surface area contributed by atoms with Gasteiger partial charge >= 0.3 is 0 Å². The highest BCUT2D eigenvalue weighted by atomic mass is 32.1. The first-order valence-corrected chi connectivity index (χ1v) is 6.67. The minimum atomic E-state index is -0.235. The van der Waals surface area contributed by atoms with E-state index < -0.39 is 0 Å². The average molecular weight is 289 g/mol. The van der Waals surface area contributed by atoms with E-state index in [2.05, 4.69) is 15.0 Å². The summed E-state index contributed by atoms with van der Waals surface area (Å²) in [6, 6.07) is 3.30. The molecule has 3 aromatic rings. The fourth-order valence-corrected chi connectivity index (χ4v) is 2.49. The number of nitrogens with zero attached hydrogens (tertiary/aromatic N) is 2. The van der Waals surface area contributed by atoms with E-state index in [0.29, 0.717) is 33.2 Å². The molecule has 7 heteroatoms. The molecule has 0 fully saturated rings. The first kappa shape index (κ1) is 12.6. The molecule has 0 aliphatic carbocycles. The Bertz CT molecular complexity index is 812. The minimum Gasteiger partial charge on any atom is -0.493 e. The quantitative estimate of drug-likeness (QED) is 0.798. The van der Waals surface area contributed by atoms with Crippen molar-refractivity contribution in [2.75, 3.05) is 14.2 Å². The predicted octanol–water partition coefficient (Wildman–Crippen LogP) is 2.06. The third kappa shape index (κ3) is 2.01. The van der Waals surface area contributed by atoms with Gasteiger partial charge in [0.1, 0.15) is 0 Å². The fourth-order valence-electron chi connectivity index (χ4n) is 1.91. The van der Waals surface area contributed by atoms with Gasteiger partial charge in [-0.2, -0.15) is 0 Å². The van der Waals surface area contributed by atoms with Gasteiger partial charge in [0.05, 0.1) is 25.1 Å². The van der Waals surface area contributed by atoms with Crippen LogP contribution in [0.1, 0.15) is 0 Å². The monoisotopic (exact) mass is 289 g/mol. The molecule has 3 rings (SSSR count). The van der Waals surface area contributed by atoms with E-state index in [0.717, 1.165) is 0 Å². The summed E-state index contributed by atoms with van der Waals surface area (Å²) in [5, 5.41) is 2.94. The molecular weight excluding hydrogens is 278 g/mol. The molecule has 0 saturated carbocycles. The van der Waals surface area contributed by atoms with Gasteiger partial charge in [0.15, 0.2) is 22.3 Å². The summed E-state index contributed by atoms with van der Waals surface area (Å²) in [6.07, 6.45) is 1.67. The maximum atomic E-state index is 12.1. The Kier molecular flexibility index (Phi) is 3.11. The number of H-pyrrole nitrogens is 1. The number of methoxy groups -OCH3 is 2. The maximum absolute atomic E-state index is 12.1. The predicted molar refractivity (Wildman–Crippen MR) is 76.6 cm³/mol. The average Bonchev–Trinajstić information content (AvgIpc) is 3.00. The molecule has 2 heterocycles. The number of thiazole rings is 1. The molecule has 1 N–H and O–H groups in total. The van der Waals surface area contributed by atoms with Crippen LogP contribution in [-0.2, 0) is 0 Å². The van der Waals surface area contributed by atoms with Gasteiger partial charge in [0.2, 0.25) is 0 Å². The summed E-state index contributed by atoms with van der Waals surface area (Å²) in [5.74, 6) is 1.47. The van der Waals surface area contributed by atoms with Gasteiger partial charge in [-0.1, -0.05) is 0 Å². The number of aromatic nitrogens is 3. The normalized spacial score (nSPS) is 10.7. The minimum absolute atomic E-state index is 0.235. The lowest BCUT2D eigenvalue weighted by atomic mass is 10.2. The van der Waals surface area contributed by atoms with Crippen molar-refractivity contribution in [1.82, 2.24) is 15.0 Å². The van der Waals surface area contributed by atoms with Gasteiger partial charge in [-0.15, -0.1) is 11.3 Å². The Balaban J connectivity index is 2.28. The second-order valence-corrected chi connectivity index (χ2v) is 4.87. The van der Waals surface area contributed by atoms with Crippen LogP contribution in [0.25, 0.3) is 21.7 Å². The summed E-state index contributed by atoms with van der Waals surface area (Å²) < 4.78 is 10.4. The lowest BCUT2D eigenvalue weighted by Crippen LogP contribution is -2.10. The van der Waals surface area contributed by atoms with Crippen LogP contribution in [0.3, 0.4) is 0 Å². The molecule has 6 nitrogen and oxygen atoms in total. The Labute approximate surface area is 118 Å². The molecule has 0 unspecified atom stereocenters. The highest BCUT2D eigenvalue weighted by Gasteiger charge is 2.12. The number of hydrogen-bond acceptors (Lipinski definition) is 6. The lowest BCUT2D eigenvalue weighted by Gasteiger charge is -2.08. The van der Waals surface area contributed by atoms with Gasteiger partial charge in [-0.25, -0.2) is 9.97 Å². The fraction of sp³-hybridized carbons (Fsp3) is 0.154. The number of hydrogen-bond donors (Lipinski definition) is 1. The smallest absolute Gasteiger partial charge is 0.259 e. The molecular formula is C13H11N3O3S. The summed E-state index contributed by atoms with van der Waals surface area (Å²) in [6.45, 7) is 0. The summed E-state index contributed by atoms with van der Waals surface area (Å²) in [5.41, 5.74) is 0.303. The van der Waals surface area contributed by atoms with E-state index in [1.54, 1.807) is 25.4 Å². The zero-order valence-electron chi connectivity index (χ0n) is 10.8. The second-order valence-electron chi connectivity index (χ2n) is 3.98. The standard InChI is InChI=1S/C13H11N3O3S/c1-18-9-5-7-8(6-10(9)19-2)15-11(16-12(7)17)13-14-3-4-20-13/h3-6H,1-2H3,(H,15,16,17). The van der Waals surface area contributed by atoms with Gasteiger partial charge in [0.25, 0.3) is 5.56 Å². The van der Waals surface area contributed by atoms with E-state index in [1.165, 1.54) is 18.4 Å². The summed E-state index contributed by atoms with van der Waals surface area (Å²) >= 11 is 1.41. The van der Waals surface area contributed by atoms with Crippen molar-refractivity contribution in [3.8, 4) is 22.3 Å². The maximum Gasteiger partial charge on any atom is 0.259 e. The van der Waals surface area contributed by atoms with Crippen molar-refractivity contribution in [3.05, 3.63) is 34.1 Å². The zero-order chi connectivity index (χ0) is 14.1. The van der Waals surface area contributed by atoms with Crippen LogP contribution in [0.5, 0.6) is 11.5 Å². The number of aromatic amines is 1. The van der Waals surface area contributed by atoms with Crippen LogP contribution in [-0.4, -0.2) is 29.2 Å². The summed E-state index contributed by atoms with van der Waals surface area (Å²) in [4.78, 5) is 23.4. The van der Waals surface area contributed by atoms with Crippen LogP contribution < -0.4 is 15.0 Å². The number of ether oxygens (including phenoxy) is 2. The van der Waals surface area contributed by atoms with Crippen LogP contribution >= 0.6 is 11.3 Å². The molecule has 0 atom stereocenters. The van der Waals surface area contributed by atoms with Crippen LogP contribution in [0.2, 0.25) is 0 Å². The number of fused-ring (bicyclic) bond motifs is 1. The van der Waals surface area contributed by atoms with E-state index >= 15 is 0 Å². The van der Waals surface area contributed by atoms with Crippen molar-refractivity contribution in [2.24, 2.45) is 0 Å². The lowest BCUT2D eigenvalue weighted by molar-refractivity contribution is 0.355. The van der Waals surface area contributed by atoms with Gasteiger partial charge in [0, 0.05) is 17.6 Å². The SMILES string of the molecule is COc1cc2nc(-c3nccs3)[nH]c(=O)c2cc1OC. The largest absolute Gasteiger partial charge is 0.493 e. The van der Waals surface area contributed by atoms with Crippen molar-refractivity contribution >= 4 is 22.2 Å². The van der Waals surface area contributed by atoms with E-state index in [1.807, 2.05) is 5.38 Å². The molecule has 0 bridgehead atoms. The molecule has 0 spiro atoms. The number of benzene rings is 1. The van der Waals surface area contributed by atoms with Crippen LogP contribution in [0.15, 0.2) is 28.5 Å². The van der Waals surface area contributed by atoms with E-state index in [-0.39, 0.29) is 5.56 Å². The molecule has 0 aliphatic heterocycles. The van der Waals surface area contributed by atoms with Crippen molar-refractivity contribution in [2.45, 2.75) is 0 Å². The van der Waals surface area contributed by atoms with Gasteiger partial charge in [-0.05, 0) is 6.07 Å². The first-order valence-electron chi connectivity index (χ1n) is 5.79. The molecule has 0 amide bonds. The topological polar surface area (TPSA) is 77.1 Å². The Hall–Kier alpha value is -2.41. The van der Waals surface area contributed by atoms with E-state index in [9.17, 15) is 4.79 Å². The van der Waals surface area contributed by atoms with E-state index in [4.69, 9.17) is 9.47 Å². The first-order chi connectivity index (χ1) is 9.72. The van der Waals surface area contributed by atoms with Crippen molar-refractivity contribution in [3.63, 3.8) is 0 Å².